The van der Waals surface area contributed by atoms with Crippen LogP contribution in [-0.2, 0) is 29.5 Å². The predicted octanol–water partition coefficient (Wildman–Crippen LogP) is 4.43. The Morgan fingerprint density at radius 3 is 2.44 bits per heavy atom. The second kappa shape index (κ2) is 9.48. The van der Waals surface area contributed by atoms with Gasteiger partial charge in [-0.1, -0.05) is 42.5 Å². The van der Waals surface area contributed by atoms with Gasteiger partial charge >= 0.3 is 0 Å². The van der Waals surface area contributed by atoms with Crippen LogP contribution >= 0.6 is 11.8 Å². The molecule has 0 radical (unpaired) electrons. The van der Waals surface area contributed by atoms with Crippen LogP contribution in [0, 0.1) is 0 Å². The number of hydrogen-bond acceptors (Lipinski definition) is 4. The van der Waals surface area contributed by atoms with Gasteiger partial charge in [0.1, 0.15) is 0 Å². The van der Waals surface area contributed by atoms with Crippen LogP contribution in [0.15, 0.2) is 82.6 Å². The fourth-order valence-corrected chi connectivity index (χ4v) is 5.78. The third kappa shape index (κ3) is 4.75. The minimum Gasteiger partial charge on any atom is -0.337 e. The number of carbonyl (C=O) groups is 1. The van der Waals surface area contributed by atoms with Crippen molar-refractivity contribution in [3.05, 3.63) is 95.1 Å². The van der Waals surface area contributed by atoms with Gasteiger partial charge in [0.05, 0.1) is 4.90 Å². The standard InChI is InChI=1S/C25H26N2O3S2/c1-26(17-19-10-12-23(31-2)13-11-19)25(28)21-8-5-9-24(16-21)32(29,30)27-15-14-20-6-3-4-7-22(20)18-27/h3-13,16H,14-15,17-18H2,1-2H3. The predicted molar refractivity (Wildman–Crippen MR) is 128 cm³/mol. The summed E-state index contributed by atoms with van der Waals surface area (Å²) < 4.78 is 28.1. The number of benzene rings is 3. The van der Waals surface area contributed by atoms with Gasteiger partial charge in [0, 0.05) is 37.1 Å². The Kier molecular flexibility index (Phi) is 6.69. The largest absolute Gasteiger partial charge is 0.337 e. The van der Waals surface area contributed by atoms with Crippen molar-refractivity contribution in [1.82, 2.24) is 9.21 Å². The van der Waals surface area contributed by atoms with Gasteiger partial charge in [0.25, 0.3) is 5.91 Å². The van der Waals surface area contributed by atoms with Crippen LogP contribution in [0.1, 0.15) is 27.0 Å². The van der Waals surface area contributed by atoms with E-state index in [0.717, 1.165) is 11.1 Å². The Morgan fingerprint density at radius 1 is 1.00 bits per heavy atom. The summed E-state index contributed by atoms with van der Waals surface area (Å²) in [6, 6.07) is 22.4. The summed E-state index contributed by atoms with van der Waals surface area (Å²) in [5.74, 6) is -0.208. The quantitative estimate of drug-likeness (QED) is 0.505. The van der Waals surface area contributed by atoms with Gasteiger partial charge in [-0.05, 0) is 59.7 Å². The maximum Gasteiger partial charge on any atom is 0.253 e. The fraction of sp³-hybridized carbons (Fsp3) is 0.240. The average Bonchev–Trinajstić information content (AvgIpc) is 2.83. The first-order chi connectivity index (χ1) is 15.4. The van der Waals surface area contributed by atoms with E-state index in [1.54, 1.807) is 41.9 Å². The molecule has 166 valence electrons. The number of nitrogens with zero attached hydrogens (tertiary/aromatic N) is 2. The Bertz CT molecular complexity index is 1220. The van der Waals surface area contributed by atoms with Gasteiger partial charge in [0.15, 0.2) is 0 Å². The molecule has 3 aromatic carbocycles. The Morgan fingerprint density at radius 2 is 1.72 bits per heavy atom. The first kappa shape index (κ1) is 22.6. The van der Waals surface area contributed by atoms with E-state index in [1.165, 1.54) is 20.8 Å². The van der Waals surface area contributed by atoms with Gasteiger partial charge < -0.3 is 4.90 Å². The summed E-state index contributed by atoms with van der Waals surface area (Å²) in [7, 11) is -1.96. The van der Waals surface area contributed by atoms with E-state index in [1.807, 2.05) is 54.8 Å². The molecule has 1 aliphatic rings. The maximum atomic E-state index is 13.3. The zero-order chi connectivity index (χ0) is 22.7. The third-order valence-corrected chi connectivity index (χ3v) is 8.32. The number of carbonyl (C=O) groups excluding carboxylic acids is 1. The van der Waals surface area contributed by atoms with Gasteiger partial charge in [-0.25, -0.2) is 8.42 Å². The summed E-state index contributed by atoms with van der Waals surface area (Å²) in [4.78, 5) is 15.9. The number of thioether (sulfide) groups is 1. The van der Waals surface area contributed by atoms with E-state index in [-0.39, 0.29) is 10.8 Å². The molecule has 0 atom stereocenters. The summed E-state index contributed by atoms with van der Waals surface area (Å²) in [5.41, 5.74) is 3.61. The summed E-state index contributed by atoms with van der Waals surface area (Å²) in [5, 5.41) is 0. The van der Waals surface area contributed by atoms with E-state index in [4.69, 9.17) is 0 Å². The van der Waals surface area contributed by atoms with Crippen LogP contribution in [0.5, 0.6) is 0 Å². The Labute approximate surface area is 194 Å². The van der Waals surface area contributed by atoms with Crippen molar-refractivity contribution in [2.24, 2.45) is 0 Å². The number of rotatable bonds is 6. The van der Waals surface area contributed by atoms with Gasteiger partial charge in [-0.3, -0.25) is 4.79 Å². The maximum absolute atomic E-state index is 13.3. The summed E-state index contributed by atoms with van der Waals surface area (Å²) in [6.07, 6.45) is 2.71. The van der Waals surface area contributed by atoms with Crippen molar-refractivity contribution < 1.29 is 13.2 Å². The zero-order valence-corrected chi connectivity index (χ0v) is 19.8. The van der Waals surface area contributed by atoms with Crippen molar-refractivity contribution in [1.29, 1.82) is 0 Å². The van der Waals surface area contributed by atoms with Gasteiger partial charge in [-0.15, -0.1) is 11.8 Å². The molecule has 0 aromatic heterocycles. The second-order valence-corrected chi connectivity index (χ2v) is 10.7. The van der Waals surface area contributed by atoms with Crippen LogP contribution in [0.4, 0.5) is 0 Å². The highest BCUT2D eigenvalue weighted by molar-refractivity contribution is 7.98. The van der Waals surface area contributed by atoms with E-state index in [2.05, 4.69) is 0 Å². The number of hydrogen-bond donors (Lipinski definition) is 0. The fourth-order valence-electron chi connectivity index (χ4n) is 3.91. The molecule has 0 spiro atoms. The first-order valence-corrected chi connectivity index (χ1v) is 13.1. The monoisotopic (exact) mass is 466 g/mol. The highest BCUT2D eigenvalue weighted by Gasteiger charge is 2.29. The molecule has 0 fully saturated rings. The molecule has 4 rings (SSSR count). The SMILES string of the molecule is CSc1ccc(CN(C)C(=O)c2cccc(S(=O)(=O)N3CCc4ccccc4C3)c2)cc1. The minimum absolute atomic E-state index is 0.153. The van der Waals surface area contributed by atoms with Crippen LogP contribution in [0.2, 0.25) is 0 Å². The molecule has 0 unspecified atom stereocenters. The lowest BCUT2D eigenvalue weighted by molar-refractivity contribution is 0.0785. The van der Waals surface area contributed by atoms with E-state index < -0.39 is 10.0 Å². The van der Waals surface area contributed by atoms with Crippen molar-refractivity contribution >= 4 is 27.7 Å². The van der Waals surface area contributed by atoms with Crippen LogP contribution in [-0.4, -0.2) is 43.4 Å². The van der Waals surface area contributed by atoms with Crippen molar-refractivity contribution in [3.63, 3.8) is 0 Å². The molecule has 0 saturated heterocycles. The smallest absolute Gasteiger partial charge is 0.253 e. The van der Waals surface area contributed by atoms with Crippen molar-refractivity contribution in [3.8, 4) is 0 Å². The molecule has 0 aliphatic carbocycles. The minimum atomic E-state index is -3.69. The number of sulfonamides is 1. The lowest BCUT2D eigenvalue weighted by Crippen LogP contribution is -2.36. The number of fused-ring (bicyclic) bond motifs is 1. The first-order valence-electron chi connectivity index (χ1n) is 10.4. The normalized spacial score (nSPS) is 14.1. The van der Waals surface area contributed by atoms with E-state index in [9.17, 15) is 13.2 Å². The molecule has 3 aromatic rings. The molecule has 0 N–H and O–H groups in total. The number of amides is 1. The average molecular weight is 467 g/mol. The van der Waals surface area contributed by atoms with E-state index >= 15 is 0 Å². The lowest BCUT2D eigenvalue weighted by atomic mass is 10.0. The van der Waals surface area contributed by atoms with Gasteiger partial charge in [-0.2, -0.15) is 4.31 Å². The highest BCUT2D eigenvalue weighted by Crippen LogP contribution is 2.25. The van der Waals surface area contributed by atoms with Crippen molar-refractivity contribution in [2.45, 2.75) is 29.3 Å². The second-order valence-electron chi connectivity index (χ2n) is 7.89. The highest BCUT2D eigenvalue weighted by atomic mass is 32.2. The summed E-state index contributed by atoms with van der Waals surface area (Å²) >= 11 is 1.67. The zero-order valence-electron chi connectivity index (χ0n) is 18.2. The molecule has 1 amide bonds. The van der Waals surface area contributed by atoms with Crippen molar-refractivity contribution in [2.75, 3.05) is 19.8 Å². The van der Waals surface area contributed by atoms with Crippen LogP contribution < -0.4 is 0 Å². The Hall–Kier alpha value is -2.61. The molecular formula is C25H26N2O3S2. The molecule has 7 heteroatoms. The third-order valence-electron chi connectivity index (χ3n) is 5.74. The van der Waals surface area contributed by atoms with Gasteiger partial charge in [0.2, 0.25) is 10.0 Å². The molecule has 32 heavy (non-hydrogen) atoms. The summed E-state index contributed by atoms with van der Waals surface area (Å²) in [6.45, 7) is 1.24. The molecule has 0 saturated carbocycles. The molecular weight excluding hydrogens is 440 g/mol. The Balaban J connectivity index is 1.51. The van der Waals surface area contributed by atoms with Crippen LogP contribution in [0.25, 0.3) is 0 Å². The van der Waals surface area contributed by atoms with E-state index in [0.29, 0.717) is 31.6 Å². The molecule has 0 bridgehead atoms. The molecule has 1 aliphatic heterocycles. The van der Waals surface area contributed by atoms with Crippen LogP contribution in [0.3, 0.4) is 0 Å². The lowest BCUT2D eigenvalue weighted by Gasteiger charge is -2.28. The molecule has 5 nitrogen and oxygen atoms in total. The molecule has 1 heterocycles. The topological polar surface area (TPSA) is 57.7 Å².